The minimum atomic E-state index is -0.351. The van der Waals surface area contributed by atoms with Crippen molar-refractivity contribution in [1.82, 2.24) is 19.7 Å². The Bertz CT molecular complexity index is 961. The number of hydrogen-bond donors (Lipinski definition) is 1. The first-order valence-electron chi connectivity index (χ1n) is 13.2. The lowest BCUT2D eigenvalue weighted by Gasteiger charge is -2.38. The Morgan fingerprint density at radius 1 is 1.31 bits per heavy atom. The van der Waals surface area contributed by atoms with Gasteiger partial charge in [-0.1, -0.05) is 13.0 Å². The first kappa shape index (κ1) is 26.6. The molecular formula is C27H40N4O5. The van der Waals surface area contributed by atoms with E-state index in [1.165, 1.54) is 12.0 Å². The molecule has 1 aromatic rings. The number of ether oxygens (including phenoxy) is 2. The van der Waals surface area contributed by atoms with E-state index in [0.29, 0.717) is 44.3 Å². The predicted octanol–water partition coefficient (Wildman–Crippen LogP) is 2.05. The molecule has 1 N–H and O–H groups in total. The van der Waals surface area contributed by atoms with E-state index in [1.54, 1.807) is 23.0 Å². The van der Waals surface area contributed by atoms with Crippen LogP contribution in [0.15, 0.2) is 18.3 Å². The van der Waals surface area contributed by atoms with Crippen molar-refractivity contribution in [3.05, 3.63) is 29.5 Å². The third-order valence-electron chi connectivity index (χ3n) is 7.52. The van der Waals surface area contributed by atoms with E-state index in [0.717, 1.165) is 37.9 Å². The molecule has 9 heteroatoms. The summed E-state index contributed by atoms with van der Waals surface area (Å²) in [6.45, 7) is 7.68. The Kier molecular flexibility index (Phi) is 8.98. The van der Waals surface area contributed by atoms with Gasteiger partial charge in [-0.2, -0.15) is 0 Å². The highest BCUT2D eigenvalue weighted by Gasteiger charge is 2.35. The fraction of sp³-hybridized carbons (Fsp3) is 0.667. The van der Waals surface area contributed by atoms with Crippen LogP contribution in [0, 0.1) is 5.92 Å². The molecule has 3 heterocycles. The molecule has 0 aromatic carbocycles. The van der Waals surface area contributed by atoms with Gasteiger partial charge in [-0.15, -0.1) is 0 Å². The fourth-order valence-electron chi connectivity index (χ4n) is 5.04. The molecule has 0 saturated carbocycles. The summed E-state index contributed by atoms with van der Waals surface area (Å²) in [6.07, 6.45) is 8.00. The van der Waals surface area contributed by atoms with Gasteiger partial charge in [0, 0.05) is 38.8 Å². The largest absolute Gasteiger partial charge is 0.472 e. The van der Waals surface area contributed by atoms with Crippen molar-refractivity contribution >= 4 is 17.4 Å². The van der Waals surface area contributed by atoms with Gasteiger partial charge in [0.25, 0.3) is 5.91 Å². The first-order valence-corrected chi connectivity index (χ1v) is 13.2. The summed E-state index contributed by atoms with van der Waals surface area (Å²) in [4.78, 5) is 36.7. The normalized spacial score (nSPS) is 24.2. The van der Waals surface area contributed by atoms with Crippen molar-refractivity contribution in [3.8, 4) is 5.88 Å². The first-order chi connectivity index (χ1) is 17.4. The minimum absolute atomic E-state index is 0.0270. The zero-order chi connectivity index (χ0) is 25.7. The number of nitrogens with zero attached hydrogens (tertiary/aromatic N) is 4. The van der Waals surface area contributed by atoms with E-state index in [9.17, 15) is 14.7 Å². The van der Waals surface area contributed by atoms with Crippen LogP contribution in [0.4, 0.5) is 0 Å². The van der Waals surface area contributed by atoms with Crippen LogP contribution in [0.3, 0.4) is 0 Å². The van der Waals surface area contributed by atoms with Crippen molar-refractivity contribution in [2.75, 3.05) is 59.6 Å². The van der Waals surface area contributed by atoms with Crippen molar-refractivity contribution in [3.63, 3.8) is 0 Å². The molecule has 198 valence electrons. The number of pyridine rings is 1. The maximum absolute atomic E-state index is 13.6. The Morgan fingerprint density at radius 3 is 2.78 bits per heavy atom. The van der Waals surface area contributed by atoms with Gasteiger partial charge in [0.15, 0.2) is 0 Å². The van der Waals surface area contributed by atoms with Crippen LogP contribution in [0.5, 0.6) is 5.88 Å². The van der Waals surface area contributed by atoms with Crippen LogP contribution in [-0.4, -0.2) is 108 Å². The molecule has 2 aliphatic heterocycles. The zero-order valence-electron chi connectivity index (χ0n) is 21.8. The molecular weight excluding hydrogens is 460 g/mol. The number of amides is 2. The van der Waals surface area contributed by atoms with E-state index in [1.807, 2.05) is 19.9 Å². The number of aliphatic hydroxyl groups is 1. The number of carbonyl (C=O) groups excluding carboxylic acids is 2. The third-order valence-corrected chi connectivity index (χ3v) is 7.52. The molecule has 2 amide bonds. The van der Waals surface area contributed by atoms with Gasteiger partial charge < -0.3 is 24.4 Å². The Balaban J connectivity index is 1.57. The van der Waals surface area contributed by atoms with Gasteiger partial charge in [-0.3, -0.25) is 14.5 Å². The van der Waals surface area contributed by atoms with Crippen LogP contribution in [0.2, 0.25) is 0 Å². The highest BCUT2D eigenvalue weighted by molar-refractivity contribution is 5.97. The van der Waals surface area contributed by atoms with Gasteiger partial charge in [0.05, 0.1) is 39.0 Å². The number of hydrogen-bond acceptors (Lipinski definition) is 7. The van der Waals surface area contributed by atoms with E-state index in [4.69, 9.17) is 9.47 Å². The Hall–Kier alpha value is -2.49. The molecule has 1 aromatic heterocycles. The Morgan fingerprint density at radius 2 is 2.08 bits per heavy atom. The summed E-state index contributed by atoms with van der Waals surface area (Å²) < 4.78 is 11.7. The zero-order valence-corrected chi connectivity index (χ0v) is 21.8. The van der Waals surface area contributed by atoms with E-state index in [-0.39, 0.29) is 36.5 Å². The van der Waals surface area contributed by atoms with Gasteiger partial charge >= 0.3 is 0 Å². The average Bonchev–Trinajstić information content (AvgIpc) is 2.91. The number of aromatic nitrogens is 1. The summed E-state index contributed by atoms with van der Waals surface area (Å²) >= 11 is 0. The second-order valence-electron chi connectivity index (χ2n) is 10.3. The number of morpholine rings is 1. The van der Waals surface area contributed by atoms with Crippen molar-refractivity contribution in [2.45, 2.75) is 51.7 Å². The summed E-state index contributed by atoms with van der Waals surface area (Å²) in [7, 11) is 1.80. The molecule has 1 fully saturated rings. The number of fused-ring (bicyclic) bond motifs is 1. The SMILES string of the molecule is C[C@H]1CN([C@@H](C)CO)C(=O)c2cc(C3=CCCCC3)cnc2O[C@H]1CN(C)C(=O)CN1CCOCC1. The minimum Gasteiger partial charge on any atom is -0.472 e. The number of aliphatic hydroxyl groups excluding tert-OH is 1. The maximum atomic E-state index is 13.6. The summed E-state index contributed by atoms with van der Waals surface area (Å²) in [5, 5.41) is 9.88. The summed E-state index contributed by atoms with van der Waals surface area (Å²) in [5.74, 6) is 0.0664. The lowest BCUT2D eigenvalue weighted by Crippen LogP contribution is -2.51. The van der Waals surface area contributed by atoms with E-state index in [2.05, 4.69) is 16.0 Å². The lowest BCUT2D eigenvalue weighted by atomic mass is 9.93. The molecule has 0 radical (unpaired) electrons. The van der Waals surface area contributed by atoms with Gasteiger partial charge in [0.1, 0.15) is 11.7 Å². The highest BCUT2D eigenvalue weighted by atomic mass is 16.5. The summed E-state index contributed by atoms with van der Waals surface area (Å²) in [6, 6.07) is 1.55. The van der Waals surface area contributed by atoms with Gasteiger partial charge in [0.2, 0.25) is 11.8 Å². The van der Waals surface area contributed by atoms with E-state index < -0.39 is 0 Å². The van der Waals surface area contributed by atoms with E-state index >= 15 is 0 Å². The van der Waals surface area contributed by atoms with Crippen LogP contribution in [0.25, 0.3) is 5.57 Å². The van der Waals surface area contributed by atoms with Crippen LogP contribution >= 0.6 is 0 Å². The predicted molar refractivity (Wildman–Crippen MR) is 137 cm³/mol. The molecule has 1 aliphatic carbocycles. The molecule has 36 heavy (non-hydrogen) atoms. The molecule has 3 aliphatic rings. The smallest absolute Gasteiger partial charge is 0.259 e. The molecule has 4 rings (SSSR count). The fourth-order valence-corrected chi connectivity index (χ4v) is 5.04. The second kappa shape index (κ2) is 12.2. The van der Waals surface area contributed by atoms with Gasteiger partial charge in [-0.25, -0.2) is 4.98 Å². The van der Waals surface area contributed by atoms with Crippen molar-refractivity contribution in [2.24, 2.45) is 5.92 Å². The van der Waals surface area contributed by atoms with Crippen LogP contribution in [-0.2, 0) is 9.53 Å². The number of carbonyl (C=O) groups is 2. The molecule has 1 saturated heterocycles. The standard InChI is InChI=1S/C27H40N4O5/c1-19-15-31(20(2)18-32)27(34)23-13-22(21-7-5-4-6-8-21)14-28-26(23)36-24(19)16-29(3)25(33)17-30-9-11-35-12-10-30/h7,13-14,19-20,24,32H,4-6,8-12,15-18H2,1-3H3/t19-,20-,24-/m0/s1. The molecule has 9 nitrogen and oxygen atoms in total. The topological polar surface area (TPSA) is 95.4 Å². The molecule has 0 spiro atoms. The molecule has 0 unspecified atom stereocenters. The van der Waals surface area contributed by atoms with Crippen molar-refractivity contribution in [1.29, 1.82) is 0 Å². The highest BCUT2D eigenvalue weighted by Crippen LogP contribution is 2.32. The van der Waals surface area contributed by atoms with Crippen LogP contribution < -0.4 is 4.74 Å². The molecule has 0 bridgehead atoms. The average molecular weight is 501 g/mol. The lowest BCUT2D eigenvalue weighted by molar-refractivity contribution is -0.133. The van der Waals surface area contributed by atoms with Crippen LogP contribution in [0.1, 0.15) is 55.5 Å². The third kappa shape index (κ3) is 6.25. The molecule has 3 atom stereocenters. The maximum Gasteiger partial charge on any atom is 0.259 e. The number of likely N-dealkylation sites (N-methyl/N-ethyl adjacent to an activating group) is 1. The summed E-state index contributed by atoms with van der Waals surface area (Å²) in [5.41, 5.74) is 2.58. The second-order valence-corrected chi connectivity index (χ2v) is 10.3. The monoisotopic (exact) mass is 500 g/mol. The number of allylic oxidation sites excluding steroid dienone is 2. The number of rotatable bonds is 7. The van der Waals surface area contributed by atoms with Crippen molar-refractivity contribution < 1.29 is 24.2 Å². The quantitative estimate of drug-likeness (QED) is 0.612. The Labute approximate surface area is 214 Å². The van der Waals surface area contributed by atoms with Gasteiger partial charge in [-0.05, 0) is 49.8 Å².